The van der Waals surface area contributed by atoms with Crippen LogP contribution in [0.15, 0.2) is 17.5 Å². The standard InChI is InChI=1S/C17H25NS/c1-11(15-10-12-4-5-14(15)9-12)18-17(13-6-7-13)16-3-2-8-19-16/h2-3,8,11-15,17-18H,4-7,9-10H2,1H3. The summed E-state index contributed by atoms with van der Waals surface area (Å²) in [4.78, 5) is 1.57. The van der Waals surface area contributed by atoms with Gasteiger partial charge in [0.25, 0.3) is 0 Å². The van der Waals surface area contributed by atoms with E-state index >= 15 is 0 Å². The molecule has 0 radical (unpaired) electrons. The average molecular weight is 275 g/mol. The predicted octanol–water partition coefficient (Wildman–Crippen LogP) is 4.61. The molecule has 1 N–H and O–H groups in total. The first-order valence-corrected chi connectivity index (χ1v) is 8.98. The number of hydrogen-bond acceptors (Lipinski definition) is 2. The Morgan fingerprint density at radius 2 is 2.11 bits per heavy atom. The van der Waals surface area contributed by atoms with E-state index in [-0.39, 0.29) is 0 Å². The second kappa shape index (κ2) is 4.89. The van der Waals surface area contributed by atoms with Crippen LogP contribution in [0.3, 0.4) is 0 Å². The first-order valence-electron chi connectivity index (χ1n) is 8.10. The highest BCUT2D eigenvalue weighted by Gasteiger charge is 2.43. The number of fused-ring (bicyclic) bond motifs is 2. The molecule has 0 amide bonds. The van der Waals surface area contributed by atoms with Gasteiger partial charge in [0.1, 0.15) is 0 Å². The van der Waals surface area contributed by atoms with Crippen LogP contribution < -0.4 is 5.32 Å². The van der Waals surface area contributed by atoms with Gasteiger partial charge in [-0.15, -0.1) is 11.3 Å². The van der Waals surface area contributed by atoms with Crippen LogP contribution >= 0.6 is 11.3 Å². The van der Waals surface area contributed by atoms with Crippen LogP contribution in [-0.2, 0) is 0 Å². The molecule has 2 heteroatoms. The minimum atomic E-state index is 0.647. The van der Waals surface area contributed by atoms with Gasteiger partial charge in [0, 0.05) is 17.0 Å². The van der Waals surface area contributed by atoms with Crippen LogP contribution in [-0.4, -0.2) is 6.04 Å². The molecule has 1 aromatic heterocycles. The Balaban J connectivity index is 1.44. The Morgan fingerprint density at radius 1 is 1.21 bits per heavy atom. The molecule has 2 bridgehead atoms. The fourth-order valence-corrected chi connectivity index (χ4v) is 5.54. The van der Waals surface area contributed by atoms with Crippen molar-refractivity contribution in [2.75, 3.05) is 0 Å². The fourth-order valence-electron chi connectivity index (χ4n) is 4.66. The Morgan fingerprint density at radius 3 is 2.68 bits per heavy atom. The highest BCUT2D eigenvalue weighted by molar-refractivity contribution is 7.10. The Kier molecular flexibility index (Phi) is 3.19. The molecule has 5 unspecified atom stereocenters. The zero-order valence-electron chi connectivity index (χ0n) is 11.8. The molecule has 4 rings (SSSR count). The predicted molar refractivity (Wildman–Crippen MR) is 81.3 cm³/mol. The van der Waals surface area contributed by atoms with Crippen molar-refractivity contribution in [1.29, 1.82) is 0 Å². The van der Waals surface area contributed by atoms with Crippen molar-refractivity contribution in [3.05, 3.63) is 22.4 Å². The third-order valence-corrected chi connectivity index (χ3v) is 6.78. The number of thiophene rings is 1. The van der Waals surface area contributed by atoms with Crippen molar-refractivity contribution in [3.8, 4) is 0 Å². The second-order valence-electron chi connectivity index (χ2n) is 7.12. The van der Waals surface area contributed by atoms with Crippen molar-refractivity contribution in [3.63, 3.8) is 0 Å². The highest BCUT2D eigenvalue weighted by Crippen LogP contribution is 2.50. The summed E-state index contributed by atoms with van der Waals surface area (Å²) in [5.41, 5.74) is 0. The lowest BCUT2D eigenvalue weighted by molar-refractivity contribution is 0.240. The molecule has 0 aromatic carbocycles. The summed E-state index contributed by atoms with van der Waals surface area (Å²) in [6, 6.07) is 5.89. The van der Waals surface area contributed by atoms with E-state index in [1.54, 1.807) is 4.88 Å². The van der Waals surface area contributed by atoms with Crippen LogP contribution in [0.2, 0.25) is 0 Å². The van der Waals surface area contributed by atoms with E-state index in [4.69, 9.17) is 0 Å². The molecule has 19 heavy (non-hydrogen) atoms. The molecule has 0 aliphatic heterocycles. The maximum Gasteiger partial charge on any atom is 0.0445 e. The first-order chi connectivity index (χ1) is 9.31. The van der Waals surface area contributed by atoms with Gasteiger partial charge >= 0.3 is 0 Å². The van der Waals surface area contributed by atoms with Crippen molar-refractivity contribution >= 4 is 11.3 Å². The summed E-state index contributed by atoms with van der Waals surface area (Å²) < 4.78 is 0. The average Bonchev–Trinajstić information content (AvgIpc) is 2.86. The second-order valence-corrected chi connectivity index (χ2v) is 8.10. The molecule has 3 saturated carbocycles. The molecule has 5 atom stereocenters. The van der Waals surface area contributed by atoms with Crippen molar-refractivity contribution in [2.24, 2.45) is 23.7 Å². The smallest absolute Gasteiger partial charge is 0.0445 e. The van der Waals surface area contributed by atoms with Crippen molar-refractivity contribution in [2.45, 2.75) is 57.5 Å². The van der Waals surface area contributed by atoms with Gasteiger partial charge in [0.2, 0.25) is 0 Å². The molecule has 1 nitrogen and oxygen atoms in total. The maximum atomic E-state index is 4.02. The molecular weight excluding hydrogens is 250 g/mol. The van der Waals surface area contributed by atoms with Gasteiger partial charge in [-0.25, -0.2) is 0 Å². The van der Waals surface area contributed by atoms with Crippen molar-refractivity contribution < 1.29 is 0 Å². The summed E-state index contributed by atoms with van der Waals surface area (Å²) in [6.45, 7) is 2.45. The summed E-state index contributed by atoms with van der Waals surface area (Å²) in [7, 11) is 0. The van der Waals surface area contributed by atoms with E-state index in [9.17, 15) is 0 Å². The summed E-state index contributed by atoms with van der Waals surface area (Å²) >= 11 is 1.94. The molecule has 3 aliphatic rings. The monoisotopic (exact) mass is 275 g/mol. The first kappa shape index (κ1) is 12.4. The minimum Gasteiger partial charge on any atom is -0.306 e. The molecule has 0 saturated heterocycles. The quantitative estimate of drug-likeness (QED) is 0.827. The van der Waals surface area contributed by atoms with E-state index < -0.39 is 0 Å². The molecular formula is C17H25NS. The van der Waals surface area contributed by atoms with Gasteiger partial charge in [0.15, 0.2) is 0 Å². The number of nitrogens with one attached hydrogen (secondary N) is 1. The van der Waals surface area contributed by atoms with E-state index in [0.717, 1.165) is 23.7 Å². The normalized spacial score (nSPS) is 36.6. The highest BCUT2D eigenvalue weighted by atomic mass is 32.1. The lowest BCUT2D eigenvalue weighted by atomic mass is 9.83. The molecule has 104 valence electrons. The zero-order chi connectivity index (χ0) is 12.8. The van der Waals surface area contributed by atoms with E-state index in [0.29, 0.717) is 12.1 Å². The van der Waals surface area contributed by atoms with Gasteiger partial charge in [-0.3, -0.25) is 0 Å². The Hall–Kier alpha value is -0.340. The molecule has 3 fully saturated rings. The van der Waals surface area contributed by atoms with Crippen LogP contribution in [0.25, 0.3) is 0 Å². The Labute approximate surface area is 120 Å². The minimum absolute atomic E-state index is 0.647. The van der Waals surface area contributed by atoms with Gasteiger partial charge in [-0.2, -0.15) is 0 Å². The summed E-state index contributed by atoms with van der Waals surface area (Å²) in [6.07, 6.45) is 8.92. The third-order valence-electron chi connectivity index (χ3n) is 5.82. The largest absolute Gasteiger partial charge is 0.306 e. The lowest BCUT2D eigenvalue weighted by Gasteiger charge is -2.32. The van der Waals surface area contributed by atoms with E-state index in [1.165, 1.54) is 38.5 Å². The van der Waals surface area contributed by atoms with Crippen molar-refractivity contribution in [1.82, 2.24) is 5.32 Å². The molecule has 1 aromatic rings. The summed E-state index contributed by atoms with van der Waals surface area (Å²) in [5, 5.41) is 6.25. The van der Waals surface area contributed by atoms with Gasteiger partial charge in [0.05, 0.1) is 0 Å². The Bertz CT molecular complexity index is 422. The van der Waals surface area contributed by atoms with Crippen LogP contribution in [0.1, 0.15) is 56.4 Å². The topological polar surface area (TPSA) is 12.0 Å². The van der Waals surface area contributed by atoms with Crippen LogP contribution in [0.4, 0.5) is 0 Å². The van der Waals surface area contributed by atoms with Crippen LogP contribution in [0, 0.1) is 23.7 Å². The molecule has 3 aliphatic carbocycles. The fraction of sp³-hybridized carbons (Fsp3) is 0.765. The lowest BCUT2D eigenvalue weighted by Crippen LogP contribution is -2.39. The van der Waals surface area contributed by atoms with Gasteiger partial charge in [-0.1, -0.05) is 12.5 Å². The molecule has 1 heterocycles. The number of hydrogen-bond donors (Lipinski definition) is 1. The van der Waals surface area contributed by atoms with E-state index in [1.807, 2.05) is 11.3 Å². The van der Waals surface area contributed by atoms with Gasteiger partial charge in [-0.05, 0) is 74.1 Å². The third kappa shape index (κ3) is 2.38. The number of rotatable bonds is 5. The maximum absolute atomic E-state index is 4.02. The SMILES string of the molecule is CC(NC(c1cccs1)C1CC1)C1CC2CCC1C2. The summed E-state index contributed by atoms with van der Waals surface area (Å²) in [5.74, 6) is 3.98. The van der Waals surface area contributed by atoms with Crippen LogP contribution in [0.5, 0.6) is 0 Å². The molecule has 0 spiro atoms. The van der Waals surface area contributed by atoms with Gasteiger partial charge < -0.3 is 5.32 Å². The van der Waals surface area contributed by atoms with E-state index in [2.05, 4.69) is 29.8 Å². The zero-order valence-corrected chi connectivity index (χ0v) is 12.7.